The molecule has 0 aliphatic heterocycles. The first kappa shape index (κ1) is 12.7. The van der Waals surface area contributed by atoms with Gasteiger partial charge in [0.2, 0.25) is 0 Å². The van der Waals surface area contributed by atoms with E-state index in [0.717, 1.165) is 0 Å². The molecule has 0 heterocycles. The number of hydrogen-bond donors (Lipinski definition) is 1. The lowest BCUT2D eigenvalue weighted by Crippen LogP contribution is -2.32. The molecule has 1 N–H and O–H groups in total. The van der Waals surface area contributed by atoms with Gasteiger partial charge in [-0.15, -0.1) is 11.8 Å². The second kappa shape index (κ2) is 6.27. The lowest BCUT2D eigenvalue weighted by atomic mass is 9.99. The largest absolute Gasteiger partial charge is 0.307 e. The van der Waals surface area contributed by atoms with Crippen LogP contribution in [-0.2, 0) is 0 Å². The van der Waals surface area contributed by atoms with Gasteiger partial charge < -0.3 is 5.32 Å². The number of nitrogens with one attached hydrogen (secondary N) is 1. The Morgan fingerprint density at radius 3 is 2.59 bits per heavy atom. The molecule has 92 valence electrons. The molecule has 1 nitrogen and oxygen atoms in total. The molecule has 0 aromatic heterocycles. The van der Waals surface area contributed by atoms with Crippen molar-refractivity contribution < 1.29 is 0 Å². The second-order valence-electron chi connectivity index (χ2n) is 4.64. The fraction of sp³-hybridized carbons (Fsp3) is 0.467. The molecule has 0 saturated heterocycles. The van der Waals surface area contributed by atoms with Crippen molar-refractivity contribution in [3.05, 3.63) is 42.0 Å². The summed E-state index contributed by atoms with van der Waals surface area (Å²) in [6.45, 7) is 2.26. The molecule has 1 aromatic rings. The summed E-state index contributed by atoms with van der Waals surface area (Å²) in [5.74, 6) is 0. The summed E-state index contributed by atoms with van der Waals surface area (Å²) in [6.07, 6.45) is 10.4. The van der Waals surface area contributed by atoms with Gasteiger partial charge in [0.05, 0.1) is 0 Å². The fourth-order valence-electron chi connectivity index (χ4n) is 2.29. The highest BCUT2D eigenvalue weighted by molar-refractivity contribution is 7.98. The maximum Gasteiger partial charge on any atom is 0.0294 e. The lowest BCUT2D eigenvalue weighted by Gasteiger charge is -2.24. The van der Waals surface area contributed by atoms with E-state index in [1.165, 1.54) is 29.7 Å². The van der Waals surface area contributed by atoms with E-state index in [1.807, 2.05) is 0 Å². The summed E-state index contributed by atoms with van der Waals surface area (Å²) >= 11 is 1.80. The summed E-state index contributed by atoms with van der Waals surface area (Å²) in [5.41, 5.74) is 1.39. The van der Waals surface area contributed by atoms with Crippen molar-refractivity contribution in [2.75, 3.05) is 6.26 Å². The van der Waals surface area contributed by atoms with Crippen LogP contribution in [0.2, 0.25) is 0 Å². The first-order valence-electron chi connectivity index (χ1n) is 6.34. The van der Waals surface area contributed by atoms with Gasteiger partial charge in [-0.05, 0) is 50.1 Å². The van der Waals surface area contributed by atoms with Gasteiger partial charge in [-0.1, -0.05) is 24.3 Å². The zero-order valence-corrected chi connectivity index (χ0v) is 11.5. The highest BCUT2D eigenvalue weighted by atomic mass is 32.2. The fourth-order valence-corrected chi connectivity index (χ4v) is 2.70. The first-order valence-corrected chi connectivity index (χ1v) is 7.57. The lowest BCUT2D eigenvalue weighted by molar-refractivity contribution is 0.426. The van der Waals surface area contributed by atoms with Crippen LogP contribution in [0.3, 0.4) is 0 Å². The Hall–Kier alpha value is -0.730. The Bertz CT molecular complexity index is 369. The molecular formula is C15H21NS. The minimum Gasteiger partial charge on any atom is -0.307 e. The Morgan fingerprint density at radius 2 is 2.00 bits per heavy atom. The van der Waals surface area contributed by atoms with Gasteiger partial charge in [0.25, 0.3) is 0 Å². The standard InChI is InChI=1S/C15H21NS/c1-12(16-14-6-4-3-5-7-14)13-8-10-15(17-2)11-9-13/h3-4,8-12,14,16H,5-7H2,1-2H3. The summed E-state index contributed by atoms with van der Waals surface area (Å²) in [7, 11) is 0. The van der Waals surface area contributed by atoms with Crippen LogP contribution in [0, 0.1) is 0 Å². The van der Waals surface area contributed by atoms with E-state index in [9.17, 15) is 0 Å². The molecule has 1 aromatic carbocycles. The predicted octanol–water partition coefficient (Wildman–Crippen LogP) is 4.17. The third-order valence-electron chi connectivity index (χ3n) is 3.37. The second-order valence-corrected chi connectivity index (χ2v) is 5.52. The van der Waals surface area contributed by atoms with Crippen LogP contribution < -0.4 is 5.32 Å². The molecule has 0 bridgehead atoms. The molecule has 1 aliphatic carbocycles. The van der Waals surface area contributed by atoms with Gasteiger partial charge in [0.15, 0.2) is 0 Å². The normalized spacial score (nSPS) is 21.4. The molecule has 2 atom stereocenters. The zero-order valence-electron chi connectivity index (χ0n) is 10.6. The molecule has 17 heavy (non-hydrogen) atoms. The monoisotopic (exact) mass is 247 g/mol. The summed E-state index contributed by atoms with van der Waals surface area (Å²) in [4.78, 5) is 1.33. The van der Waals surface area contributed by atoms with Gasteiger partial charge in [-0.25, -0.2) is 0 Å². The molecule has 2 unspecified atom stereocenters. The molecule has 2 rings (SSSR count). The topological polar surface area (TPSA) is 12.0 Å². The molecular weight excluding hydrogens is 226 g/mol. The van der Waals surface area contributed by atoms with Gasteiger partial charge in [-0.2, -0.15) is 0 Å². The Morgan fingerprint density at radius 1 is 1.24 bits per heavy atom. The van der Waals surface area contributed by atoms with Gasteiger partial charge in [-0.3, -0.25) is 0 Å². The number of thioether (sulfide) groups is 1. The van der Waals surface area contributed by atoms with Crippen LogP contribution in [0.15, 0.2) is 41.3 Å². The zero-order chi connectivity index (χ0) is 12.1. The number of rotatable bonds is 4. The van der Waals surface area contributed by atoms with Crippen molar-refractivity contribution in [1.82, 2.24) is 5.32 Å². The highest BCUT2D eigenvalue weighted by Gasteiger charge is 2.13. The minimum atomic E-state index is 0.447. The molecule has 0 radical (unpaired) electrons. The van der Waals surface area contributed by atoms with Crippen LogP contribution in [0.1, 0.15) is 37.8 Å². The third kappa shape index (κ3) is 3.62. The van der Waals surface area contributed by atoms with Crippen molar-refractivity contribution >= 4 is 11.8 Å². The Kier molecular flexibility index (Phi) is 4.69. The quantitative estimate of drug-likeness (QED) is 0.633. The number of allylic oxidation sites excluding steroid dienone is 1. The molecule has 0 fully saturated rings. The average Bonchev–Trinajstić information content (AvgIpc) is 2.40. The Balaban J connectivity index is 1.93. The van der Waals surface area contributed by atoms with Gasteiger partial charge in [0.1, 0.15) is 0 Å². The van der Waals surface area contributed by atoms with Crippen LogP contribution in [0.5, 0.6) is 0 Å². The van der Waals surface area contributed by atoms with Crippen LogP contribution in [0.25, 0.3) is 0 Å². The number of hydrogen-bond acceptors (Lipinski definition) is 2. The van der Waals surface area contributed by atoms with E-state index in [4.69, 9.17) is 0 Å². The third-order valence-corrected chi connectivity index (χ3v) is 4.11. The van der Waals surface area contributed by atoms with E-state index in [-0.39, 0.29) is 0 Å². The maximum absolute atomic E-state index is 3.71. The van der Waals surface area contributed by atoms with E-state index < -0.39 is 0 Å². The van der Waals surface area contributed by atoms with Gasteiger partial charge in [0, 0.05) is 17.0 Å². The van der Waals surface area contributed by atoms with Gasteiger partial charge >= 0.3 is 0 Å². The SMILES string of the molecule is CSc1ccc(C(C)NC2CC=CCC2)cc1. The van der Waals surface area contributed by atoms with Crippen LogP contribution in [-0.4, -0.2) is 12.3 Å². The molecule has 0 spiro atoms. The Labute approximate surface area is 109 Å². The molecule has 1 aliphatic rings. The van der Waals surface area contributed by atoms with Crippen molar-refractivity contribution in [2.45, 2.75) is 43.2 Å². The van der Waals surface area contributed by atoms with Crippen LogP contribution >= 0.6 is 11.8 Å². The maximum atomic E-state index is 3.71. The summed E-state index contributed by atoms with van der Waals surface area (Å²) < 4.78 is 0. The van der Waals surface area contributed by atoms with Crippen molar-refractivity contribution in [2.24, 2.45) is 0 Å². The minimum absolute atomic E-state index is 0.447. The van der Waals surface area contributed by atoms with E-state index >= 15 is 0 Å². The first-order chi connectivity index (χ1) is 8.29. The average molecular weight is 247 g/mol. The van der Waals surface area contributed by atoms with Crippen LogP contribution in [0.4, 0.5) is 0 Å². The van der Waals surface area contributed by atoms with Crippen molar-refractivity contribution in [3.8, 4) is 0 Å². The predicted molar refractivity (Wildman–Crippen MR) is 76.6 cm³/mol. The summed E-state index contributed by atoms with van der Waals surface area (Å²) in [5, 5.41) is 3.71. The van der Waals surface area contributed by atoms with E-state index in [0.29, 0.717) is 12.1 Å². The van der Waals surface area contributed by atoms with E-state index in [1.54, 1.807) is 11.8 Å². The molecule has 0 amide bonds. The van der Waals surface area contributed by atoms with Crippen molar-refractivity contribution in [3.63, 3.8) is 0 Å². The van der Waals surface area contributed by atoms with E-state index in [2.05, 4.69) is 54.9 Å². The van der Waals surface area contributed by atoms with Crippen molar-refractivity contribution in [1.29, 1.82) is 0 Å². The summed E-state index contributed by atoms with van der Waals surface area (Å²) in [6, 6.07) is 9.99. The highest BCUT2D eigenvalue weighted by Crippen LogP contribution is 2.21. The molecule has 2 heteroatoms. The number of benzene rings is 1. The smallest absolute Gasteiger partial charge is 0.0294 e. The molecule has 0 saturated carbocycles.